The van der Waals surface area contributed by atoms with Gasteiger partial charge in [0, 0.05) is 23.6 Å². The van der Waals surface area contributed by atoms with E-state index >= 15 is 0 Å². The predicted octanol–water partition coefficient (Wildman–Crippen LogP) is 6.00. The minimum atomic E-state index is -1.21. The van der Waals surface area contributed by atoms with Gasteiger partial charge in [0.05, 0.1) is 11.1 Å². The number of rotatable bonds is 3. The molecule has 0 aliphatic carbocycles. The molecule has 0 spiro atoms. The van der Waals surface area contributed by atoms with Gasteiger partial charge < -0.3 is 10.4 Å². The molecule has 0 aliphatic rings. The molecule has 2 aromatic rings. The van der Waals surface area contributed by atoms with E-state index in [1.165, 1.54) is 0 Å². The molecule has 0 aromatic heterocycles. The molecular weight excluding hydrogens is 562 g/mol. The Bertz CT molecular complexity index is 821. The number of aromatic carboxylic acids is 1. The molecule has 0 fully saturated rings. The van der Waals surface area contributed by atoms with Gasteiger partial charge in [-0.05, 0) is 88.3 Å². The Morgan fingerprint density at radius 2 is 1.52 bits per heavy atom. The van der Waals surface area contributed by atoms with Crippen LogP contribution in [0.5, 0.6) is 0 Å². The fraction of sp³-hybridized carbons (Fsp3) is 0.0667. The van der Waals surface area contributed by atoms with E-state index in [-0.39, 0.29) is 15.6 Å². The first-order valence-corrected chi connectivity index (χ1v) is 9.38. The predicted molar refractivity (Wildman–Crippen MR) is 103 cm³/mol. The summed E-state index contributed by atoms with van der Waals surface area (Å²) in [4.78, 5) is 24.2. The Balaban J connectivity index is 2.58. The van der Waals surface area contributed by atoms with Crippen LogP contribution in [0.15, 0.2) is 42.2 Å². The molecule has 0 atom stereocenters. The fourth-order valence-corrected chi connectivity index (χ4v) is 4.43. The smallest absolute Gasteiger partial charge is 0.337 e. The van der Waals surface area contributed by atoms with E-state index in [1.54, 1.807) is 12.1 Å². The summed E-state index contributed by atoms with van der Waals surface area (Å²) in [7, 11) is 0. The van der Waals surface area contributed by atoms with E-state index < -0.39 is 11.9 Å². The zero-order valence-electron chi connectivity index (χ0n) is 11.6. The lowest BCUT2D eigenvalue weighted by atomic mass is 10.1. The van der Waals surface area contributed by atoms with Crippen molar-refractivity contribution < 1.29 is 14.7 Å². The van der Waals surface area contributed by atoms with Gasteiger partial charge >= 0.3 is 5.97 Å². The topological polar surface area (TPSA) is 66.4 Å². The maximum atomic E-state index is 12.6. The molecule has 120 valence electrons. The highest BCUT2D eigenvalue weighted by Gasteiger charge is 2.27. The lowest BCUT2D eigenvalue weighted by Gasteiger charge is -2.15. The number of nitrogens with one attached hydrogen (secondary N) is 1. The summed E-state index contributed by atoms with van der Waals surface area (Å²) in [6.45, 7) is 1.90. The lowest BCUT2D eigenvalue weighted by molar-refractivity contribution is 0.0691. The third-order valence-electron chi connectivity index (χ3n) is 2.98. The summed E-state index contributed by atoms with van der Waals surface area (Å²) in [5, 5.41) is 12.2. The minimum absolute atomic E-state index is 0.0287. The summed E-state index contributed by atoms with van der Waals surface area (Å²) >= 11 is 13.1. The highest BCUT2D eigenvalue weighted by atomic mass is 79.9. The number of hydrogen-bond donors (Lipinski definition) is 2. The SMILES string of the molecule is Cc1cccc(NC(=O)c2c(Br)c(Br)c(Br)c(Br)c2C(=O)O)c1. The van der Waals surface area contributed by atoms with E-state index in [4.69, 9.17) is 0 Å². The number of hydrogen-bond acceptors (Lipinski definition) is 2. The summed E-state index contributed by atoms with van der Waals surface area (Å²) in [5.41, 5.74) is 1.48. The van der Waals surface area contributed by atoms with Gasteiger partial charge in [-0.15, -0.1) is 0 Å². The van der Waals surface area contributed by atoms with Crippen LogP contribution in [-0.2, 0) is 0 Å². The van der Waals surface area contributed by atoms with Crippen LogP contribution in [0.3, 0.4) is 0 Å². The van der Waals surface area contributed by atoms with Crippen molar-refractivity contribution in [3.05, 3.63) is 58.8 Å². The summed E-state index contributed by atoms with van der Waals surface area (Å²) in [5.74, 6) is -1.73. The molecule has 0 saturated heterocycles. The second-order valence-electron chi connectivity index (χ2n) is 4.63. The van der Waals surface area contributed by atoms with Crippen molar-refractivity contribution in [1.82, 2.24) is 0 Å². The number of carbonyl (C=O) groups excluding carboxylic acids is 1. The van der Waals surface area contributed by atoms with E-state index in [2.05, 4.69) is 69.0 Å². The Morgan fingerprint density at radius 1 is 0.957 bits per heavy atom. The fourth-order valence-electron chi connectivity index (χ4n) is 1.96. The van der Waals surface area contributed by atoms with Gasteiger partial charge in [-0.1, -0.05) is 12.1 Å². The van der Waals surface area contributed by atoms with E-state index in [0.29, 0.717) is 19.1 Å². The molecule has 0 unspecified atom stereocenters. The molecule has 2 rings (SSSR count). The molecule has 4 nitrogen and oxygen atoms in total. The number of carbonyl (C=O) groups is 2. The summed E-state index contributed by atoms with van der Waals surface area (Å²) in [6.07, 6.45) is 0. The molecule has 0 heterocycles. The van der Waals surface area contributed by atoms with Crippen molar-refractivity contribution in [3.63, 3.8) is 0 Å². The molecule has 0 aliphatic heterocycles. The number of benzene rings is 2. The van der Waals surface area contributed by atoms with Crippen molar-refractivity contribution >= 4 is 81.3 Å². The van der Waals surface area contributed by atoms with Gasteiger partial charge in [0.1, 0.15) is 0 Å². The van der Waals surface area contributed by atoms with Gasteiger partial charge in [-0.25, -0.2) is 4.79 Å². The third kappa shape index (κ3) is 3.87. The molecule has 8 heteroatoms. The molecule has 2 N–H and O–H groups in total. The number of aryl methyl sites for hydroxylation is 1. The van der Waals surface area contributed by atoms with Crippen molar-refractivity contribution in [3.8, 4) is 0 Å². The number of carboxylic acid groups (broad SMARTS) is 1. The van der Waals surface area contributed by atoms with E-state index in [0.717, 1.165) is 5.56 Å². The Hall–Kier alpha value is -0.700. The molecule has 2 aromatic carbocycles. The zero-order valence-corrected chi connectivity index (χ0v) is 17.9. The van der Waals surface area contributed by atoms with Crippen molar-refractivity contribution in [1.29, 1.82) is 0 Å². The van der Waals surface area contributed by atoms with Gasteiger partial charge in [0.15, 0.2) is 0 Å². The van der Waals surface area contributed by atoms with Crippen molar-refractivity contribution in [2.24, 2.45) is 0 Å². The summed E-state index contributed by atoms with van der Waals surface area (Å²) < 4.78 is 1.70. The molecular formula is C15H9Br4NO3. The molecule has 23 heavy (non-hydrogen) atoms. The zero-order chi connectivity index (χ0) is 17.3. The molecule has 0 saturated carbocycles. The molecule has 0 radical (unpaired) electrons. The highest BCUT2D eigenvalue weighted by Crippen LogP contribution is 2.42. The lowest BCUT2D eigenvalue weighted by Crippen LogP contribution is -2.18. The Labute approximate surface area is 166 Å². The van der Waals surface area contributed by atoms with Crippen LogP contribution >= 0.6 is 63.7 Å². The van der Waals surface area contributed by atoms with Gasteiger partial charge in [0.25, 0.3) is 5.91 Å². The first-order chi connectivity index (χ1) is 10.7. The maximum Gasteiger partial charge on any atom is 0.337 e. The van der Waals surface area contributed by atoms with Gasteiger partial charge in [-0.3, -0.25) is 4.79 Å². The second kappa shape index (κ2) is 7.46. The summed E-state index contributed by atoms with van der Waals surface area (Å²) in [6, 6.07) is 7.25. The third-order valence-corrected chi connectivity index (χ3v) is 7.75. The van der Waals surface area contributed by atoms with Crippen LogP contribution in [0, 0.1) is 6.92 Å². The van der Waals surface area contributed by atoms with Crippen LogP contribution in [0.25, 0.3) is 0 Å². The van der Waals surface area contributed by atoms with Gasteiger partial charge in [-0.2, -0.15) is 0 Å². The first kappa shape index (κ1) is 18.6. The average molecular weight is 571 g/mol. The minimum Gasteiger partial charge on any atom is -0.478 e. The van der Waals surface area contributed by atoms with E-state index in [1.807, 2.05) is 19.1 Å². The van der Waals surface area contributed by atoms with Crippen LogP contribution in [0.4, 0.5) is 5.69 Å². The molecule has 1 amide bonds. The van der Waals surface area contributed by atoms with Crippen LogP contribution < -0.4 is 5.32 Å². The van der Waals surface area contributed by atoms with Crippen LogP contribution in [-0.4, -0.2) is 17.0 Å². The normalized spacial score (nSPS) is 10.5. The highest BCUT2D eigenvalue weighted by molar-refractivity contribution is 9.15. The second-order valence-corrected chi connectivity index (χ2v) is 7.81. The largest absolute Gasteiger partial charge is 0.478 e. The van der Waals surface area contributed by atoms with E-state index in [9.17, 15) is 14.7 Å². The average Bonchev–Trinajstić information content (AvgIpc) is 2.48. The van der Waals surface area contributed by atoms with Gasteiger partial charge in [0.2, 0.25) is 0 Å². The van der Waals surface area contributed by atoms with Crippen molar-refractivity contribution in [2.45, 2.75) is 6.92 Å². The quantitative estimate of drug-likeness (QED) is 0.352. The number of anilines is 1. The maximum absolute atomic E-state index is 12.6. The molecule has 0 bridgehead atoms. The first-order valence-electron chi connectivity index (χ1n) is 6.21. The Morgan fingerprint density at radius 3 is 2.04 bits per heavy atom. The van der Waals surface area contributed by atoms with Crippen molar-refractivity contribution in [2.75, 3.05) is 5.32 Å². The standard InChI is InChI=1S/C15H9Br4NO3/c1-6-3-2-4-7(5-6)20-14(21)8-9(15(22)23)11(17)13(19)12(18)10(8)16/h2-5H,1H3,(H,20,21)(H,22,23). The van der Waals surface area contributed by atoms with Crippen LogP contribution in [0.2, 0.25) is 0 Å². The number of carboxylic acids is 1. The number of amides is 1. The van der Waals surface area contributed by atoms with Crippen LogP contribution in [0.1, 0.15) is 26.3 Å². The number of halogens is 4. The Kier molecular flexibility index (Phi) is 6.05. The monoisotopic (exact) mass is 567 g/mol.